The monoisotopic (exact) mass is 210 g/mol. The van der Waals surface area contributed by atoms with Crippen molar-refractivity contribution < 1.29 is 0 Å². The predicted octanol–water partition coefficient (Wildman–Crippen LogP) is 4.27. The number of rotatable bonds is 1. The zero-order valence-corrected chi connectivity index (χ0v) is 8.56. The van der Waals surface area contributed by atoms with Gasteiger partial charge in [0.25, 0.3) is 0 Å². The summed E-state index contributed by atoms with van der Waals surface area (Å²) in [7, 11) is 1.66. The van der Waals surface area contributed by atoms with Crippen molar-refractivity contribution in [3.63, 3.8) is 0 Å². The molecule has 0 atom stereocenters. The second kappa shape index (κ2) is 3.44. The molecule has 0 amide bonds. The maximum Gasteiger partial charge on any atom is 0.0940 e. The lowest BCUT2D eigenvalue weighted by atomic mass is 10.2. The molecule has 0 fully saturated rings. The van der Waals surface area contributed by atoms with E-state index in [1.165, 1.54) is 0 Å². The van der Waals surface area contributed by atoms with Crippen molar-refractivity contribution in [1.82, 2.24) is 0 Å². The second-order valence-corrected chi connectivity index (χ2v) is 4.29. The summed E-state index contributed by atoms with van der Waals surface area (Å²) in [6.07, 6.45) is 0. The lowest BCUT2D eigenvalue weighted by Crippen LogP contribution is -1.63. The van der Waals surface area contributed by atoms with E-state index in [1.807, 2.05) is 24.3 Å². The highest BCUT2D eigenvalue weighted by Gasteiger charge is 1.99. The first-order chi connectivity index (χ1) is 6.29. The molecule has 0 radical (unpaired) electrons. The minimum Gasteiger partial charge on any atom is -0.192 e. The number of benzene rings is 1. The molecule has 2 rings (SSSR count). The maximum absolute atomic E-state index is 5.88. The minimum atomic E-state index is 0.806. The number of halogens is 1. The van der Waals surface area contributed by atoms with Crippen molar-refractivity contribution in [1.29, 1.82) is 0 Å². The van der Waals surface area contributed by atoms with E-state index < -0.39 is 0 Å². The fourth-order valence-corrected chi connectivity index (χ4v) is 2.35. The smallest absolute Gasteiger partial charge is 0.0940 e. The zero-order valence-electron chi connectivity index (χ0n) is 6.99. The molecule has 1 aromatic heterocycles. The van der Waals surface area contributed by atoms with Crippen molar-refractivity contribution >= 4 is 38.7 Å². The van der Waals surface area contributed by atoms with E-state index in [9.17, 15) is 0 Å². The van der Waals surface area contributed by atoms with E-state index >= 15 is 0 Å². The Bertz CT molecular complexity index is 462. The van der Waals surface area contributed by atoms with Crippen LogP contribution in [0.5, 0.6) is 0 Å². The Kier molecular flexibility index (Phi) is 2.29. The van der Waals surface area contributed by atoms with Crippen LogP contribution in [0.2, 0.25) is 4.34 Å². The summed E-state index contributed by atoms with van der Waals surface area (Å²) < 4.78 is 1.95. The van der Waals surface area contributed by atoms with Gasteiger partial charge >= 0.3 is 0 Å². The molecule has 0 saturated carbocycles. The Morgan fingerprint density at radius 3 is 2.92 bits per heavy atom. The molecule has 1 heterocycles. The van der Waals surface area contributed by atoms with Gasteiger partial charge in [-0.3, -0.25) is 0 Å². The van der Waals surface area contributed by atoms with E-state index in [4.69, 9.17) is 11.6 Å². The molecule has 0 aliphatic rings. The number of nitrogens with zero attached hydrogens (tertiary/aromatic N) is 2. The molecule has 0 N–H and O–H groups in total. The van der Waals surface area contributed by atoms with Crippen LogP contribution in [0.4, 0.5) is 5.69 Å². The quantitative estimate of drug-likeness (QED) is 0.628. The molecule has 0 spiro atoms. The molecule has 0 bridgehead atoms. The van der Waals surface area contributed by atoms with Crippen LogP contribution in [0, 0.1) is 0 Å². The normalized spacial score (nSPS) is 11.5. The SMILES string of the molecule is CN=Nc1ccc2cc(Cl)sc2c1. The summed E-state index contributed by atoms with van der Waals surface area (Å²) in [6, 6.07) is 7.87. The van der Waals surface area contributed by atoms with Gasteiger partial charge in [-0.15, -0.1) is 11.3 Å². The molecule has 13 heavy (non-hydrogen) atoms. The summed E-state index contributed by atoms with van der Waals surface area (Å²) in [5.41, 5.74) is 0.869. The van der Waals surface area contributed by atoms with Crippen LogP contribution in [0.25, 0.3) is 10.1 Å². The van der Waals surface area contributed by atoms with Gasteiger partial charge in [-0.2, -0.15) is 10.2 Å². The van der Waals surface area contributed by atoms with Crippen molar-refractivity contribution in [2.45, 2.75) is 0 Å². The fourth-order valence-electron chi connectivity index (χ4n) is 1.17. The van der Waals surface area contributed by atoms with Crippen molar-refractivity contribution in [3.8, 4) is 0 Å². The topological polar surface area (TPSA) is 24.7 Å². The Morgan fingerprint density at radius 2 is 2.15 bits per heavy atom. The maximum atomic E-state index is 5.88. The van der Waals surface area contributed by atoms with Crippen molar-refractivity contribution in [2.75, 3.05) is 7.05 Å². The first-order valence-corrected chi connectivity index (χ1v) is 4.98. The van der Waals surface area contributed by atoms with Gasteiger partial charge in [0.15, 0.2) is 0 Å². The van der Waals surface area contributed by atoms with Gasteiger partial charge < -0.3 is 0 Å². The zero-order chi connectivity index (χ0) is 9.26. The highest BCUT2D eigenvalue weighted by atomic mass is 35.5. The van der Waals surface area contributed by atoms with Gasteiger partial charge in [0, 0.05) is 11.7 Å². The average molecular weight is 211 g/mol. The summed E-state index contributed by atoms with van der Waals surface area (Å²) in [6.45, 7) is 0. The number of thiophene rings is 1. The molecule has 0 unspecified atom stereocenters. The van der Waals surface area contributed by atoms with E-state index in [0.717, 1.165) is 20.1 Å². The highest BCUT2D eigenvalue weighted by molar-refractivity contribution is 7.22. The minimum absolute atomic E-state index is 0.806. The summed E-state index contributed by atoms with van der Waals surface area (Å²) in [5, 5.41) is 8.83. The van der Waals surface area contributed by atoms with Crippen molar-refractivity contribution in [3.05, 3.63) is 28.6 Å². The Balaban J connectivity index is 2.61. The van der Waals surface area contributed by atoms with Gasteiger partial charge in [-0.25, -0.2) is 0 Å². The molecular formula is C9H7ClN2S. The van der Waals surface area contributed by atoms with E-state index in [2.05, 4.69) is 10.2 Å². The second-order valence-electron chi connectivity index (χ2n) is 2.57. The van der Waals surface area contributed by atoms with Gasteiger partial charge in [-0.1, -0.05) is 17.7 Å². The molecule has 0 saturated heterocycles. The number of hydrogen-bond acceptors (Lipinski definition) is 3. The number of azo groups is 1. The fraction of sp³-hybridized carbons (Fsp3) is 0.111. The summed E-state index contributed by atoms with van der Waals surface area (Å²) >= 11 is 7.43. The van der Waals surface area contributed by atoms with Gasteiger partial charge in [0.1, 0.15) is 0 Å². The molecular weight excluding hydrogens is 204 g/mol. The van der Waals surface area contributed by atoms with Gasteiger partial charge in [-0.05, 0) is 23.6 Å². The van der Waals surface area contributed by atoms with Crippen LogP contribution in [0.3, 0.4) is 0 Å². The third-order valence-corrected chi connectivity index (χ3v) is 2.92. The lowest BCUT2D eigenvalue weighted by molar-refractivity contribution is 1.17. The molecule has 66 valence electrons. The summed E-state index contributed by atoms with van der Waals surface area (Å²) in [5.74, 6) is 0. The third-order valence-electron chi connectivity index (χ3n) is 1.69. The van der Waals surface area contributed by atoms with Crippen LogP contribution in [0.15, 0.2) is 34.5 Å². The first-order valence-electron chi connectivity index (χ1n) is 3.78. The number of hydrogen-bond donors (Lipinski definition) is 0. The Labute approximate surface area is 84.9 Å². The lowest BCUT2D eigenvalue weighted by Gasteiger charge is -1.90. The first kappa shape index (κ1) is 8.66. The largest absolute Gasteiger partial charge is 0.192 e. The van der Waals surface area contributed by atoms with E-state index in [-0.39, 0.29) is 0 Å². The van der Waals surface area contributed by atoms with Crippen LogP contribution in [-0.4, -0.2) is 7.05 Å². The van der Waals surface area contributed by atoms with E-state index in [0.29, 0.717) is 0 Å². The molecule has 4 heteroatoms. The van der Waals surface area contributed by atoms with Crippen LogP contribution >= 0.6 is 22.9 Å². The van der Waals surface area contributed by atoms with Crippen LogP contribution in [-0.2, 0) is 0 Å². The van der Waals surface area contributed by atoms with Crippen LogP contribution in [0.1, 0.15) is 0 Å². The van der Waals surface area contributed by atoms with E-state index in [1.54, 1.807) is 18.4 Å². The number of fused-ring (bicyclic) bond motifs is 1. The molecule has 2 aromatic rings. The molecule has 0 aliphatic carbocycles. The predicted molar refractivity (Wildman–Crippen MR) is 57.3 cm³/mol. The molecule has 2 nitrogen and oxygen atoms in total. The highest BCUT2D eigenvalue weighted by Crippen LogP contribution is 2.31. The Morgan fingerprint density at radius 1 is 1.31 bits per heavy atom. The average Bonchev–Trinajstić information content (AvgIpc) is 2.44. The van der Waals surface area contributed by atoms with Gasteiger partial charge in [0.05, 0.1) is 10.0 Å². The third kappa shape index (κ3) is 1.71. The van der Waals surface area contributed by atoms with Crippen molar-refractivity contribution in [2.24, 2.45) is 10.2 Å². The molecule has 0 aliphatic heterocycles. The van der Waals surface area contributed by atoms with Gasteiger partial charge in [0.2, 0.25) is 0 Å². The summed E-state index contributed by atoms with van der Waals surface area (Å²) in [4.78, 5) is 0. The Hall–Kier alpha value is -0.930. The van der Waals surface area contributed by atoms with Crippen LogP contribution < -0.4 is 0 Å². The molecule has 1 aromatic carbocycles. The standard InChI is InChI=1S/C9H7ClN2S/c1-11-12-7-3-2-6-4-9(10)13-8(6)5-7/h2-5H,1H3.